The zero-order valence-electron chi connectivity index (χ0n) is 14.5. The lowest BCUT2D eigenvalue weighted by molar-refractivity contribution is -0.121. The van der Waals surface area contributed by atoms with Crippen LogP contribution in [0.15, 0.2) is 54.7 Å². The molecular weight excluding hydrogens is 316 g/mol. The van der Waals surface area contributed by atoms with Crippen molar-refractivity contribution in [3.63, 3.8) is 0 Å². The second kappa shape index (κ2) is 7.75. The minimum Gasteiger partial charge on any atom is -0.497 e. The molecule has 130 valence electrons. The molecular formula is C20H22N2O3. The van der Waals surface area contributed by atoms with Gasteiger partial charge in [0.25, 0.3) is 0 Å². The average molecular weight is 338 g/mol. The Bertz CT molecular complexity index is 853. The summed E-state index contributed by atoms with van der Waals surface area (Å²) in [6.45, 7) is 1.12. The number of nitrogens with one attached hydrogen (secondary N) is 1. The van der Waals surface area contributed by atoms with Gasteiger partial charge in [0, 0.05) is 31.1 Å². The number of nitrogens with zero attached hydrogens (tertiary/aromatic N) is 1. The van der Waals surface area contributed by atoms with E-state index in [1.807, 2.05) is 54.7 Å². The molecule has 2 aromatic carbocycles. The van der Waals surface area contributed by atoms with E-state index in [1.54, 1.807) is 14.2 Å². The van der Waals surface area contributed by atoms with Gasteiger partial charge < -0.3 is 19.4 Å². The Balaban J connectivity index is 1.57. The average Bonchev–Trinajstić information content (AvgIpc) is 3.08. The summed E-state index contributed by atoms with van der Waals surface area (Å²) in [6.07, 6.45) is 2.40. The van der Waals surface area contributed by atoms with E-state index in [4.69, 9.17) is 9.47 Å². The van der Waals surface area contributed by atoms with Crippen molar-refractivity contribution >= 4 is 16.8 Å². The number of aromatic nitrogens is 1. The van der Waals surface area contributed by atoms with Gasteiger partial charge >= 0.3 is 0 Å². The zero-order valence-corrected chi connectivity index (χ0v) is 14.5. The van der Waals surface area contributed by atoms with Crippen molar-refractivity contribution in [1.29, 1.82) is 0 Å². The molecule has 0 radical (unpaired) electrons. The van der Waals surface area contributed by atoms with Crippen LogP contribution in [-0.2, 0) is 17.9 Å². The van der Waals surface area contributed by atoms with Crippen molar-refractivity contribution in [2.45, 2.75) is 19.5 Å². The molecule has 3 aromatic rings. The molecule has 0 atom stereocenters. The molecule has 5 nitrogen and oxygen atoms in total. The topological polar surface area (TPSA) is 52.5 Å². The Morgan fingerprint density at radius 3 is 2.56 bits per heavy atom. The number of ether oxygens (including phenoxy) is 2. The van der Waals surface area contributed by atoms with E-state index >= 15 is 0 Å². The van der Waals surface area contributed by atoms with E-state index in [2.05, 4.69) is 9.88 Å². The summed E-state index contributed by atoms with van der Waals surface area (Å²) in [6, 6.07) is 15.6. The van der Waals surface area contributed by atoms with Crippen LogP contribution in [0.2, 0.25) is 0 Å². The smallest absolute Gasteiger partial charge is 0.222 e. The first-order chi connectivity index (χ1) is 12.2. The molecule has 1 aromatic heterocycles. The Morgan fingerprint density at radius 2 is 1.84 bits per heavy atom. The minimum atomic E-state index is 0.0209. The summed E-state index contributed by atoms with van der Waals surface area (Å²) in [4.78, 5) is 12.1. The maximum absolute atomic E-state index is 12.1. The van der Waals surface area contributed by atoms with E-state index in [1.165, 1.54) is 0 Å². The SMILES string of the molecule is COc1ccc(CNC(=O)CCn2ccc3cccc(OC)c32)cc1. The fourth-order valence-corrected chi connectivity index (χ4v) is 2.83. The molecule has 0 aliphatic heterocycles. The molecule has 1 amide bonds. The van der Waals surface area contributed by atoms with Gasteiger partial charge in [0.05, 0.1) is 19.7 Å². The molecule has 0 unspecified atom stereocenters. The Hall–Kier alpha value is -2.95. The summed E-state index contributed by atoms with van der Waals surface area (Å²) in [7, 11) is 3.30. The maximum Gasteiger partial charge on any atom is 0.222 e. The third-order valence-corrected chi connectivity index (χ3v) is 4.20. The number of hydrogen-bond donors (Lipinski definition) is 1. The van der Waals surface area contributed by atoms with Crippen molar-refractivity contribution in [3.8, 4) is 11.5 Å². The lowest BCUT2D eigenvalue weighted by atomic mass is 10.2. The van der Waals surface area contributed by atoms with E-state index in [0.29, 0.717) is 19.5 Å². The highest BCUT2D eigenvalue weighted by atomic mass is 16.5. The Morgan fingerprint density at radius 1 is 1.04 bits per heavy atom. The highest BCUT2D eigenvalue weighted by molar-refractivity contribution is 5.86. The number of aryl methyl sites for hydroxylation is 1. The number of amides is 1. The van der Waals surface area contributed by atoms with E-state index in [-0.39, 0.29) is 5.91 Å². The van der Waals surface area contributed by atoms with Crippen LogP contribution in [0, 0.1) is 0 Å². The van der Waals surface area contributed by atoms with Crippen LogP contribution < -0.4 is 14.8 Å². The number of rotatable bonds is 7. The second-order valence-corrected chi connectivity index (χ2v) is 5.78. The molecule has 25 heavy (non-hydrogen) atoms. The van der Waals surface area contributed by atoms with Crippen molar-refractivity contribution < 1.29 is 14.3 Å². The number of para-hydroxylation sites is 1. The number of fused-ring (bicyclic) bond motifs is 1. The Labute approximate surface area is 147 Å². The van der Waals surface area contributed by atoms with Crippen molar-refractivity contribution in [2.75, 3.05) is 14.2 Å². The van der Waals surface area contributed by atoms with Crippen LogP contribution in [0.25, 0.3) is 10.9 Å². The molecule has 0 spiro atoms. The quantitative estimate of drug-likeness (QED) is 0.719. The van der Waals surface area contributed by atoms with Gasteiger partial charge in [-0.15, -0.1) is 0 Å². The van der Waals surface area contributed by atoms with Crippen LogP contribution in [0.5, 0.6) is 11.5 Å². The monoisotopic (exact) mass is 338 g/mol. The fraction of sp³-hybridized carbons (Fsp3) is 0.250. The standard InChI is InChI=1S/C20H22N2O3/c1-24-17-8-6-15(7-9-17)14-21-19(23)11-13-22-12-10-16-4-3-5-18(25-2)20(16)22/h3-10,12H,11,13-14H2,1-2H3,(H,21,23). The molecule has 0 fully saturated rings. The predicted octanol–water partition coefficient (Wildman–Crippen LogP) is 3.37. The maximum atomic E-state index is 12.1. The highest BCUT2D eigenvalue weighted by Crippen LogP contribution is 2.26. The van der Waals surface area contributed by atoms with Crippen molar-refractivity contribution in [3.05, 3.63) is 60.3 Å². The number of carbonyl (C=O) groups excluding carboxylic acids is 1. The lowest BCUT2D eigenvalue weighted by Crippen LogP contribution is -2.23. The van der Waals surface area contributed by atoms with Gasteiger partial charge in [0.2, 0.25) is 5.91 Å². The van der Waals surface area contributed by atoms with Gasteiger partial charge in [-0.2, -0.15) is 0 Å². The summed E-state index contributed by atoms with van der Waals surface area (Å²) in [5.41, 5.74) is 2.06. The van der Waals surface area contributed by atoms with Gasteiger partial charge in [0.15, 0.2) is 0 Å². The minimum absolute atomic E-state index is 0.0209. The van der Waals surface area contributed by atoms with Gasteiger partial charge in [-0.25, -0.2) is 0 Å². The first-order valence-electron chi connectivity index (χ1n) is 8.22. The second-order valence-electron chi connectivity index (χ2n) is 5.78. The van der Waals surface area contributed by atoms with E-state index in [9.17, 15) is 4.79 Å². The molecule has 1 N–H and O–H groups in total. The highest BCUT2D eigenvalue weighted by Gasteiger charge is 2.08. The summed E-state index contributed by atoms with van der Waals surface area (Å²) in [5, 5.41) is 4.06. The Kier molecular flexibility index (Phi) is 5.23. The van der Waals surface area contributed by atoms with Crippen molar-refractivity contribution in [1.82, 2.24) is 9.88 Å². The van der Waals surface area contributed by atoms with E-state index in [0.717, 1.165) is 28.0 Å². The number of hydrogen-bond acceptors (Lipinski definition) is 3. The summed E-state index contributed by atoms with van der Waals surface area (Å²) < 4.78 is 12.6. The third kappa shape index (κ3) is 3.94. The molecule has 5 heteroatoms. The summed E-state index contributed by atoms with van der Waals surface area (Å²) >= 11 is 0. The number of methoxy groups -OCH3 is 2. The third-order valence-electron chi connectivity index (χ3n) is 4.20. The molecule has 1 heterocycles. The zero-order chi connectivity index (χ0) is 17.6. The number of carbonyl (C=O) groups is 1. The molecule has 0 aliphatic rings. The van der Waals surface area contributed by atoms with Gasteiger partial charge in [-0.05, 0) is 29.8 Å². The molecule has 0 saturated carbocycles. The fourth-order valence-electron chi connectivity index (χ4n) is 2.83. The predicted molar refractivity (Wildman–Crippen MR) is 97.9 cm³/mol. The normalized spacial score (nSPS) is 10.6. The van der Waals surface area contributed by atoms with Crippen LogP contribution >= 0.6 is 0 Å². The molecule has 0 aliphatic carbocycles. The van der Waals surface area contributed by atoms with Crippen LogP contribution in [-0.4, -0.2) is 24.7 Å². The number of benzene rings is 2. The van der Waals surface area contributed by atoms with Crippen LogP contribution in [0.1, 0.15) is 12.0 Å². The molecule has 3 rings (SSSR count). The van der Waals surface area contributed by atoms with Crippen molar-refractivity contribution in [2.24, 2.45) is 0 Å². The van der Waals surface area contributed by atoms with Gasteiger partial charge in [0.1, 0.15) is 11.5 Å². The van der Waals surface area contributed by atoms with Gasteiger partial charge in [-0.1, -0.05) is 24.3 Å². The lowest BCUT2D eigenvalue weighted by Gasteiger charge is -2.10. The molecule has 0 saturated heterocycles. The first-order valence-corrected chi connectivity index (χ1v) is 8.22. The first kappa shape index (κ1) is 16.9. The largest absolute Gasteiger partial charge is 0.497 e. The van der Waals surface area contributed by atoms with Crippen LogP contribution in [0.3, 0.4) is 0 Å². The van der Waals surface area contributed by atoms with E-state index < -0.39 is 0 Å². The van der Waals surface area contributed by atoms with Gasteiger partial charge in [-0.3, -0.25) is 4.79 Å². The van der Waals surface area contributed by atoms with Crippen LogP contribution in [0.4, 0.5) is 0 Å². The summed E-state index contributed by atoms with van der Waals surface area (Å²) in [5.74, 6) is 1.65. The molecule has 0 bridgehead atoms.